The zero-order valence-electron chi connectivity index (χ0n) is 9.95. The van der Waals surface area contributed by atoms with Gasteiger partial charge in [-0.15, -0.1) is 0 Å². The Morgan fingerprint density at radius 3 is 2.58 bits per heavy atom. The minimum absolute atomic E-state index is 0.286. The van der Waals surface area contributed by atoms with E-state index in [4.69, 9.17) is 33.7 Å². The molecule has 2 aromatic rings. The molecule has 2 N–H and O–H groups in total. The molecule has 0 fully saturated rings. The normalized spacial score (nSPS) is 12.2. The molecule has 1 unspecified atom stereocenters. The van der Waals surface area contributed by atoms with Crippen molar-refractivity contribution in [2.75, 3.05) is 6.54 Å². The van der Waals surface area contributed by atoms with Crippen molar-refractivity contribution in [1.82, 2.24) is 0 Å². The van der Waals surface area contributed by atoms with E-state index < -0.39 is 0 Å². The average Bonchev–Trinajstić information content (AvgIpc) is 2.41. The summed E-state index contributed by atoms with van der Waals surface area (Å²) in [7, 11) is 0. The summed E-state index contributed by atoms with van der Waals surface area (Å²) in [4.78, 5) is 0. The molecule has 0 heterocycles. The first-order valence-electron chi connectivity index (χ1n) is 5.68. The summed E-state index contributed by atoms with van der Waals surface area (Å²) in [5, 5.41) is 1.08. The van der Waals surface area contributed by atoms with Crippen molar-refractivity contribution < 1.29 is 4.74 Å². The van der Waals surface area contributed by atoms with Crippen LogP contribution in [0.25, 0.3) is 0 Å². The van der Waals surface area contributed by atoms with E-state index in [-0.39, 0.29) is 6.10 Å². The third kappa shape index (κ3) is 3.63. The lowest BCUT2D eigenvalue weighted by Gasteiger charge is -2.20. The number of benzene rings is 2. The highest BCUT2D eigenvalue weighted by Crippen LogP contribution is 2.33. The van der Waals surface area contributed by atoms with Crippen LogP contribution in [0.2, 0.25) is 10.0 Å². The van der Waals surface area contributed by atoms with Gasteiger partial charge in [-0.05, 0) is 18.2 Å². The summed E-state index contributed by atoms with van der Waals surface area (Å²) >= 11 is 15.5. The van der Waals surface area contributed by atoms with E-state index >= 15 is 0 Å². The average molecular weight is 361 g/mol. The number of nitrogens with two attached hydrogens (primary N) is 1. The summed E-state index contributed by atoms with van der Waals surface area (Å²) in [5.41, 5.74) is 6.76. The van der Waals surface area contributed by atoms with Crippen LogP contribution in [-0.4, -0.2) is 6.54 Å². The third-order valence-corrected chi connectivity index (χ3v) is 3.90. The fourth-order valence-electron chi connectivity index (χ4n) is 1.70. The lowest BCUT2D eigenvalue weighted by molar-refractivity contribution is 0.213. The fourth-order valence-corrected chi connectivity index (χ4v) is 2.56. The first-order valence-corrected chi connectivity index (χ1v) is 7.23. The zero-order valence-corrected chi connectivity index (χ0v) is 13.0. The largest absolute Gasteiger partial charge is 0.483 e. The molecule has 0 saturated heterocycles. The molecule has 5 heteroatoms. The Morgan fingerprint density at radius 1 is 1.16 bits per heavy atom. The van der Waals surface area contributed by atoms with Crippen molar-refractivity contribution in [1.29, 1.82) is 0 Å². The van der Waals surface area contributed by atoms with Crippen LogP contribution in [0, 0.1) is 0 Å². The number of halogens is 3. The predicted octanol–water partition coefficient (Wildman–Crippen LogP) is 4.83. The lowest BCUT2D eigenvalue weighted by atomic mass is 10.1. The molecular weight excluding hydrogens is 349 g/mol. The van der Waals surface area contributed by atoms with Gasteiger partial charge in [0.1, 0.15) is 11.9 Å². The Kier molecular flexibility index (Phi) is 5.11. The van der Waals surface area contributed by atoms with E-state index in [2.05, 4.69) is 15.9 Å². The number of ether oxygens (including phenoxy) is 1. The van der Waals surface area contributed by atoms with Gasteiger partial charge < -0.3 is 10.5 Å². The Morgan fingerprint density at radius 2 is 1.89 bits per heavy atom. The highest BCUT2D eigenvalue weighted by atomic mass is 79.9. The zero-order chi connectivity index (χ0) is 13.8. The second-order valence-electron chi connectivity index (χ2n) is 3.94. The molecule has 0 spiro atoms. The van der Waals surface area contributed by atoms with E-state index in [9.17, 15) is 0 Å². The SMILES string of the molecule is NCC(Oc1cc(Cl)ccc1Cl)c1ccccc1Br. The van der Waals surface area contributed by atoms with Gasteiger partial charge in [-0.2, -0.15) is 0 Å². The van der Waals surface area contributed by atoms with Crippen LogP contribution in [0.1, 0.15) is 11.7 Å². The van der Waals surface area contributed by atoms with Gasteiger partial charge in [-0.1, -0.05) is 57.3 Å². The van der Waals surface area contributed by atoms with Crippen LogP contribution < -0.4 is 10.5 Å². The van der Waals surface area contributed by atoms with Crippen LogP contribution >= 0.6 is 39.1 Å². The maximum absolute atomic E-state index is 6.09. The molecule has 0 aliphatic rings. The molecule has 19 heavy (non-hydrogen) atoms. The van der Waals surface area contributed by atoms with Crippen LogP contribution in [0.15, 0.2) is 46.9 Å². The van der Waals surface area contributed by atoms with E-state index in [0.29, 0.717) is 22.3 Å². The molecule has 0 saturated carbocycles. The maximum atomic E-state index is 6.09. The molecule has 2 nitrogen and oxygen atoms in total. The Hall–Kier alpha value is -0.740. The minimum Gasteiger partial charge on any atom is -0.483 e. The topological polar surface area (TPSA) is 35.2 Å². The third-order valence-electron chi connectivity index (χ3n) is 2.63. The predicted molar refractivity (Wildman–Crippen MR) is 83.0 cm³/mol. The van der Waals surface area contributed by atoms with Crippen LogP contribution in [0.5, 0.6) is 5.75 Å². The first kappa shape index (κ1) is 14.7. The van der Waals surface area contributed by atoms with Gasteiger partial charge in [0.2, 0.25) is 0 Å². The summed E-state index contributed by atoms with van der Waals surface area (Å²) < 4.78 is 6.82. The van der Waals surface area contributed by atoms with Crippen molar-refractivity contribution in [3.05, 3.63) is 62.5 Å². The highest BCUT2D eigenvalue weighted by molar-refractivity contribution is 9.10. The molecule has 0 aliphatic heterocycles. The van der Waals surface area contributed by atoms with Gasteiger partial charge in [0.25, 0.3) is 0 Å². The van der Waals surface area contributed by atoms with Crippen LogP contribution in [-0.2, 0) is 0 Å². The molecule has 0 aromatic heterocycles. The van der Waals surface area contributed by atoms with Crippen LogP contribution in [0.4, 0.5) is 0 Å². The quantitative estimate of drug-likeness (QED) is 0.846. The van der Waals surface area contributed by atoms with Gasteiger partial charge in [0.15, 0.2) is 0 Å². The van der Waals surface area contributed by atoms with Gasteiger partial charge in [-0.3, -0.25) is 0 Å². The van der Waals surface area contributed by atoms with Gasteiger partial charge in [0.05, 0.1) is 5.02 Å². The van der Waals surface area contributed by atoms with E-state index in [1.165, 1.54) is 0 Å². The Balaban J connectivity index is 2.29. The number of hydrogen-bond donors (Lipinski definition) is 1. The van der Waals surface area contributed by atoms with Crippen molar-refractivity contribution >= 4 is 39.1 Å². The molecule has 2 aromatic carbocycles. The second kappa shape index (κ2) is 6.62. The molecule has 1 atom stereocenters. The Labute approximate surface area is 130 Å². The Bertz CT molecular complexity index is 577. The summed E-state index contributed by atoms with van der Waals surface area (Å²) in [6, 6.07) is 12.9. The monoisotopic (exact) mass is 359 g/mol. The lowest BCUT2D eigenvalue weighted by Crippen LogP contribution is -2.19. The van der Waals surface area contributed by atoms with Crippen molar-refractivity contribution in [3.63, 3.8) is 0 Å². The van der Waals surface area contributed by atoms with Gasteiger partial charge >= 0.3 is 0 Å². The van der Waals surface area contributed by atoms with E-state index in [1.807, 2.05) is 24.3 Å². The van der Waals surface area contributed by atoms with Crippen molar-refractivity contribution in [3.8, 4) is 5.75 Å². The molecule has 0 amide bonds. The summed E-state index contributed by atoms with van der Waals surface area (Å²) in [6.45, 7) is 0.339. The molecule has 0 aliphatic carbocycles. The minimum atomic E-state index is -0.286. The smallest absolute Gasteiger partial charge is 0.140 e. The van der Waals surface area contributed by atoms with E-state index in [0.717, 1.165) is 10.0 Å². The van der Waals surface area contributed by atoms with Gasteiger partial charge in [-0.25, -0.2) is 0 Å². The standard InChI is InChI=1S/C14H12BrCl2NO/c15-11-4-2-1-3-10(11)14(8-18)19-13-7-9(16)5-6-12(13)17/h1-7,14H,8,18H2. The molecule has 100 valence electrons. The second-order valence-corrected chi connectivity index (χ2v) is 5.64. The number of rotatable bonds is 4. The van der Waals surface area contributed by atoms with E-state index in [1.54, 1.807) is 18.2 Å². The summed E-state index contributed by atoms with van der Waals surface area (Å²) in [6.07, 6.45) is -0.286. The van der Waals surface area contributed by atoms with Crippen molar-refractivity contribution in [2.45, 2.75) is 6.10 Å². The fraction of sp³-hybridized carbons (Fsp3) is 0.143. The maximum Gasteiger partial charge on any atom is 0.140 e. The molecule has 2 rings (SSSR count). The molecular formula is C14H12BrCl2NO. The van der Waals surface area contributed by atoms with Crippen molar-refractivity contribution in [2.24, 2.45) is 5.73 Å². The highest BCUT2D eigenvalue weighted by Gasteiger charge is 2.16. The van der Waals surface area contributed by atoms with Crippen LogP contribution in [0.3, 0.4) is 0 Å². The first-order chi connectivity index (χ1) is 9.11. The molecule has 0 bridgehead atoms. The molecule has 0 radical (unpaired) electrons. The van der Waals surface area contributed by atoms with Gasteiger partial charge in [0, 0.05) is 27.7 Å². The summed E-state index contributed by atoms with van der Waals surface area (Å²) in [5.74, 6) is 0.528. The number of hydrogen-bond acceptors (Lipinski definition) is 2.